The van der Waals surface area contributed by atoms with E-state index in [4.69, 9.17) is 15.5 Å². The third-order valence-electron chi connectivity index (χ3n) is 5.27. The zero-order chi connectivity index (χ0) is 20.2. The molecule has 0 saturated carbocycles. The molecule has 154 valence electrons. The number of ether oxygens (including phenoxy) is 1. The largest absolute Gasteiger partial charge is 0.378 e. The highest BCUT2D eigenvalue weighted by Crippen LogP contribution is 2.37. The van der Waals surface area contributed by atoms with Crippen LogP contribution in [0.15, 0.2) is 47.3 Å². The molecule has 1 saturated heterocycles. The van der Waals surface area contributed by atoms with E-state index in [1.165, 1.54) is 21.8 Å². The van der Waals surface area contributed by atoms with Crippen molar-refractivity contribution >= 4 is 23.5 Å². The van der Waals surface area contributed by atoms with Gasteiger partial charge in [0.1, 0.15) is 5.50 Å². The molecule has 1 atom stereocenters. The predicted octanol–water partition coefficient (Wildman–Crippen LogP) is 3.64. The first-order valence-corrected chi connectivity index (χ1v) is 11.1. The van der Waals surface area contributed by atoms with Gasteiger partial charge >= 0.3 is 0 Å². The molecule has 0 aliphatic carbocycles. The number of hydrogen-bond donors (Lipinski definition) is 2. The molecule has 29 heavy (non-hydrogen) atoms. The van der Waals surface area contributed by atoms with Crippen molar-refractivity contribution in [2.24, 2.45) is 5.73 Å². The van der Waals surface area contributed by atoms with Crippen molar-refractivity contribution in [3.8, 4) is 0 Å². The fourth-order valence-electron chi connectivity index (χ4n) is 3.60. The minimum Gasteiger partial charge on any atom is -0.378 e. The number of nitrogens with zero attached hydrogens (tertiary/aromatic N) is 3. The van der Waals surface area contributed by atoms with E-state index in [1.807, 2.05) is 6.33 Å². The van der Waals surface area contributed by atoms with E-state index in [9.17, 15) is 0 Å². The Morgan fingerprint density at radius 1 is 1.38 bits per heavy atom. The predicted molar refractivity (Wildman–Crippen MR) is 120 cm³/mol. The molecule has 0 amide bonds. The number of thioether (sulfide) groups is 1. The van der Waals surface area contributed by atoms with Crippen LogP contribution in [0.5, 0.6) is 0 Å². The quantitative estimate of drug-likeness (QED) is 0.708. The van der Waals surface area contributed by atoms with Crippen molar-refractivity contribution in [2.45, 2.75) is 37.2 Å². The van der Waals surface area contributed by atoms with Crippen LogP contribution < -0.4 is 11.1 Å². The minimum absolute atomic E-state index is 0.0539. The summed E-state index contributed by atoms with van der Waals surface area (Å²) in [4.78, 5) is 8.29. The molecule has 3 heterocycles. The standard InChI is InChI=1S/C22H29N5OS/c1-3-4-5-18(26-8-10-28-11-9-26)13-20-16(2)27(15-24-20)14-17-6-7-19-21(12-17)29-22(23)25-19/h4-7,12-13,15,22,25H,3,8-11,14,23H2,1-2H3/b5-4+,18-13+. The number of imidazole rings is 1. The first-order valence-electron chi connectivity index (χ1n) is 10.2. The fraction of sp³-hybridized carbons (Fsp3) is 0.409. The normalized spacial score (nSPS) is 19.6. The summed E-state index contributed by atoms with van der Waals surface area (Å²) in [7, 11) is 0. The van der Waals surface area contributed by atoms with Crippen LogP contribution in [0.4, 0.5) is 5.69 Å². The lowest BCUT2D eigenvalue weighted by molar-refractivity contribution is 0.0558. The molecular weight excluding hydrogens is 382 g/mol. The second kappa shape index (κ2) is 9.07. The number of nitrogens with two attached hydrogens (primary N) is 1. The summed E-state index contributed by atoms with van der Waals surface area (Å²) in [6.07, 6.45) is 9.56. The van der Waals surface area contributed by atoms with E-state index < -0.39 is 0 Å². The van der Waals surface area contributed by atoms with Crippen molar-refractivity contribution < 1.29 is 4.74 Å². The Labute approximate surface area is 176 Å². The molecule has 3 N–H and O–H groups in total. The number of anilines is 1. The van der Waals surface area contributed by atoms with Gasteiger partial charge in [-0.2, -0.15) is 0 Å². The molecular formula is C22H29N5OS. The van der Waals surface area contributed by atoms with Crippen LogP contribution in [0.3, 0.4) is 0 Å². The van der Waals surface area contributed by atoms with Crippen LogP contribution >= 0.6 is 11.8 Å². The van der Waals surface area contributed by atoms with Gasteiger partial charge in [0.15, 0.2) is 0 Å². The lowest BCUT2D eigenvalue weighted by Crippen LogP contribution is -2.35. The van der Waals surface area contributed by atoms with Gasteiger partial charge in [0.2, 0.25) is 0 Å². The number of fused-ring (bicyclic) bond motifs is 1. The SMILES string of the molecule is CC/C=C/C(=C\c1ncn(Cc2ccc3c(c2)SC(N)N3)c1C)N1CCOCC1. The van der Waals surface area contributed by atoms with Gasteiger partial charge in [0.25, 0.3) is 0 Å². The van der Waals surface area contributed by atoms with Crippen LogP contribution in [0.25, 0.3) is 6.08 Å². The van der Waals surface area contributed by atoms with Gasteiger partial charge in [-0.05, 0) is 43.2 Å². The molecule has 6 nitrogen and oxygen atoms in total. The second-order valence-electron chi connectivity index (χ2n) is 7.34. The Kier molecular flexibility index (Phi) is 6.28. The highest BCUT2D eigenvalue weighted by atomic mass is 32.2. The Morgan fingerprint density at radius 3 is 3.00 bits per heavy atom. The molecule has 4 rings (SSSR count). The number of nitrogens with one attached hydrogen (secondary N) is 1. The van der Waals surface area contributed by atoms with E-state index in [2.05, 4.69) is 65.1 Å². The molecule has 1 aromatic carbocycles. The number of hydrogen-bond acceptors (Lipinski definition) is 6. The summed E-state index contributed by atoms with van der Waals surface area (Å²) in [5.41, 5.74) is 11.7. The Morgan fingerprint density at radius 2 is 2.21 bits per heavy atom. The van der Waals surface area contributed by atoms with Gasteiger partial charge in [-0.3, -0.25) is 0 Å². The lowest BCUT2D eigenvalue weighted by Gasteiger charge is -2.29. The molecule has 0 bridgehead atoms. The molecule has 0 radical (unpaired) electrons. The average molecular weight is 412 g/mol. The summed E-state index contributed by atoms with van der Waals surface area (Å²) in [6.45, 7) is 8.49. The van der Waals surface area contributed by atoms with E-state index in [-0.39, 0.29) is 5.50 Å². The van der Waals surface area contributed by atoms with Crippen molar-refractivity contribution in [2.75, 3.05) is 31.6 Å². The molecule has 2 aliphatic rings. The number of rotatable bonds is 6. The van der Waals surface area contributed by atoms with Crippen molar-refractivity contribution in [1.82, 2.24) is 14.5 Å². The van der Waals surface area contributed by atoms with Crippen LogP contribution in [-0.4, -0.2) is 46.3 Å². The minimum atomic E-state index is -0.0539. The summed E-state index contributed by atoms with van der Waals surface area (Å²) in [6, 6.07) is 6.49. The maximum atomic E-state index is 5.97. The van der Waals surface area contributed by atoms with E-state index >= 15 is 0 Å². The highest BCUT2D eigenvalue weighted by molar-refractivity contribution is 8.00. The summed E-state index contributed by atoms with van der Waals surface area (Å²) in [5, 5.41) is 3.27. The summed E-state index contributed by atoms with van der Waals surface area (Å²) >= 11 is 1.67. The second-order valence-corrected chi connectivity index (χ2v) is 8.52. The molecule has 0 spiro atoms. The van der Waals surface area contributed by atoms with E-state index in [0.717, 1.165) is 50.7 Å². The van der Waals surface area contributed by atoms with Crippen molar-refractivity contribution in [3.05, 3.63) is 59.3 Å². The first kappa shape index (κ1) is 20.1. The van der Waals surface area contributed by atoms with Crippen LogP contribution in [-0.2, 0) is 11.3 Å². The van der Waals surface area contributed by atoms with Crippen molar-refractivity contribution in [1.29, 1.82) is 0 Å². The molecule has 7 heteroatoms. The smallest absolute Gasteiger partial charge is 0.127 e. The average Bonchev–Trinajstić information content (AvgIpc) is 3.27. The molecule has 2 aromatic rings. The van der Waals surface area contributed by atoms with Gasteiger partial charge in [0.05, 0.1) is 25.2 Å². The fourth-order valence-corrected chi connectivity index (χ4v) is 4.54. The van der Waals surface area contributed by atoms with Crippen LogP contribution in [0.1, 0.15) is 30.3 Å². The number of morpholine rings is 1. The van der Waals surface area contributed by atoms with Gasteiger partial charge < -0.3 is 25.3 Å². The number of aromatic nitrogens is 2. The Bertz CT molecular complexity index is 914. The Hall–Kier alpha value is -2.22. The molecule has 1 aromatic heterocycles. The van der Waals surface area contributed by atoms with Gasteiger partial charge in [-0.15, -0.1) is 0 Å². The Balaban J connectivity index is 1.55. The first-order chi connectivity index (χ1) is 14.1. The lowest BCUT2D eigenvalue weighted by atomic mass is 10.2. The van der Waals surface area contributed by atoms with Crippen LogP contribution in [0, 0.1) is 6.92 Å². The third kappa shape index (κ3) is 4.69. The van der Waals surface area contributed by atoms with Crippen LogP contribution in [0.2, 0.25) is 0 Å². The van der Waals surface area contributed by atoms with E-state index in [1.54, 1.807) is 11.8 Å². The zero-order valence-electron chi connectivity index (χ0n) is 17.1. The molecule has 1 unspecified atom stereocenters. The van der Waals surface area contributed by atoms with Gasteiger partial charge in [-0.25, -0.2) is 4.98 Å². The van der Waals surface area contributed by atoms with Gasteiger partial charge in [-0.1, -0.05) is 30.8 Å². The number of allylic oxidation sites excluding steroid dienone is 2. The zero-order valence-corrected chi connectivity index (χ0v) is 17.9. The monoisotopic (exact) mass is 411 g/mol. The van der Waals surface area contributed by atoms with Crippen molar-refractivity contribution in [3.63, 3.8) is 0 Å². The highest BCUT2D eigenvalue weighted by Gasteiger charge is 2.18. The molecule has 1 fully saturated rings. The topological polar surface area (TPSA) is 68.3 Å². The maximum Gasteiger partial charge on any atom is 0.127 e. The summed E-state index contributed by atoms with van der Waals surface area (Å²) in [5.74, 6) is 0. The third-order valence-corrected chi connectivity index (χ3v) is 6.24. The molecule has 2 aliphatic heterocycles. The summed E-state index contributed by atoms with van der Waals surface area (Å²) < 4.78 is 7.72. The maximum absolute atomic E-state index is 5.97. The van der Waals surface area contributed by atoms with E-state index in [0.29, 0.717) is 0 Å². The van der Waals surface area contributed by atoms with Gasteiger partial charge in [0, 0.05) is 41.6 Å². The number of benzene rings is 1.